The van der Waals surface area contributed by atoms with Crippen molar-refractivity contribution in [3.63, 3.8) is 0 Å². The molecule has 0 unspecified atom stereocenters. The van der Waals surface area contributed by atoms with Gasteiger partial charge in [0.1, 0.15) is 10.9 Å². The van der Waals surface area contributed by atoms with E-state index >= 15 is 0 Å². The third-order valence-corrected chi connectivity index (χ3v) is 6.38. The Morgan fingerprint density at radius 2 is 2.07 bits per heavy atom. The molecule has 0 atom stereocenters. The van der Waals surface area contributed by atoms with Crippen molar-refractivity contribution in [2.24, 2.45) is 0 Å². The Bertz CT molecular complexity index is 941. The molecule has 1 aliphatic heterocycles. The molecule has 0 spiro atoms. The number of hydrogen-bond acceptors (Lipinski definition) is 7. The molecule has 9 heteroatoms. The van der Waals surface area contributed by atoms with E-state index in [1.165, 1.54) is 45.0 Å². The first-order chi connectivity index (χ1) is 13.3. The van der Waals surface area contributed by atoms with Crippen molar-refractivity contribution in [2.45, 2.75) is 6.42 Å². The number of likely N-dealkylation sites (N-methyl/N-ethyl adjacent to an activating group) is 1. The summed E-state index contributed by atoms with van der Waals surface area (Å²) in [4.78, 5) is 29.4. The van der Waals surface area contributed by atoms with E-state index in [0.717, 1.165) is 10.4 Å². The van der Waals surface area contributed by atoms with Gasteiger partial charge in [0, 0.05) is 18.5 Å². The second-order valence-corrected chi connectivity index (χ2v) is 8.83. The van der Waals surface area contributed by atoms with Gasteiger partial charge in [0.25, 0.3) is 5.91 Å². The first-order valence-corrected chi connectivity index (χ1v) is 10.5. The molecular formula is C19H18N2O4S3. The highest BCUT2D eigenvalue weighted by atomic mass is 32.2. The average molecular weight is 435 g/mol. The van der Waals surface area contributed by atoms with Gasteiger partial charge < -0.3 is 15.1 Å². The summed E-state index contributed by atoms with van der Waals surface area (Å²) in [5.41, 5.74) is 0.791. The molecule has 2 N–H and O–H groups in total. The summed E-state index contributed by atoms with van der Waals surface area (Å²) < 4.78 is 0.373. The molecule has 2 aromatic rings. The maximum absolute atomic E-state index is 12.6. The predicted molar refractivity (Wildman–Crippen MR) is 115 cm³/mol. The van der Waals surface area contributed by atoms with E-state index in [4.69, 9.17) is 12.2 Å². The third-order valence-electron chi connectivity index (χ3n) is 4.18. The molecule has 1 aromatic carbocycles. The number of amides is 2. The van der Waals surface area contributed by atoms with Gasteiger partial charge >= 0.3 is 0 Å². The summed E-state index contributed by atoms with van der Waals surface area (Å²) in [5, 5.41) is 20.8. The Labute approximate surface area is 176 Å². The van der Waals surface area contributed by atoms with Gasteiger partial charge in [-0.25, -0.2) is 0 Å². The summed E-state index contributed by atoms with van der Waals surface area (Å²) in [5.74, 6) is -0.856. The first kappa shape index (κ1) is 20.4. The van der Waals surface area contributed by atoms with Gasteiger partial charge in [-0.05, 0) is 41.6 Å². The molecule has 0 saturated carbocycles. The number of phenolic OH excluding ortho intramolecular Hbond substituents is 2. The van der Waals surface area contributed by atoms with Crippen LogP contribution < -0.4 is 0 Å². The number of aromatic hydroxyl groups is 2. The lowest BCUT2D eigenvalue weighted by molar-refractivity contribution is -0.134. The van der Waals surface area contributed by atoms with Crippen LogP contribution in [-0.2, 0) is 16.0 Å². The molecule has 3 rings (SSSR count). The number of rotatable bonds is 6. The number of hydrogen-bond donors (Lipinski definition) is 2. The highest BCUT2D eigenvalue weighted by molar-refractivity contribution is 8.26. The molecule has 0 bridgehead atoms. The summed E-state index contributed by atoms with van der Waals surface area (Å²) in [6.07, 6.45) is 2.29. The van der Waals surface area contributed by atoms with E-state index in [9.17, 15) is 19.8 Å². The van der Waals surface area contributed by atoms with Gasteiger partial charge in [0.2, 0.25) is 5.91 Å². The maximum atomic E-state index is 12.6. The van der Waals surface area contributed by atoms with Gasteiger partial charge in [0.15, 0.2) is 11.5 Å². The van der Waals surface area contributed by atoms with Gasteiger partial charge in [-0.2, -0.15) is 0 Å². The van der Waals surface area contributed by atoms with Crippen LogP contribution in [0.2, 0.25) is 0 Å². The van der Waals surface area contributed by atoms with E-state index in [1.54, 1.807) is 19.2 Å². The number of carbonyl (C=O) groups is 2. The molecule has 1 aromatic heterocycles. The zero-order valence-corrected chi connectivity index (χ0v) is 17.4. The first-order valence-electron chi connectivity index (χ1n) is 8.39. The van der Waals surface area contributed by atoms with Crippen molar-refractivity contribution in [1.29, 1.82) is 0 Å². The number of benzene rings is 1. The van der Waals surface area contributed by atoms with Crippen LogP contribution in [0.25, 0.3) is 6.08 Å². The topological polar surface area (TPSA) is 81.1 Å². The smallest absolute Gasteiger partial charge is 0.266 e. The summed E-state index contributed by atoms with van der Waals surface area (Å²) in [7, 11) is 1.65. The zero-order valence-electron chi connectivity index (χ0n) is 15.0. The Kier molecular flexibility index (Phi) is 6.38. The van der Waals surface area contributed by atoms with Crippen molar-refractivity contribution >= 4 is 57.5 Å². The van der Waals surface area contributed by atoms with Crippen molar-refractivity contribution in [3.05, 3.63) is 51.1 Å². The summed E-state index contributed by atoms with van der Waals surface area (Å²) in [6, 6.07) is 8.38. The van der Waals surface area contributed by atoms with Gasteiger partial charge in [-0.1, -0.05) is 36.1 Å². The molecule has 1 fully saturated rings. The minimum absolute atomic E-state index is 0.107. The maximum Gasteiger partial charge on any atom is 0.266 e. The lowest BCUT2D eigenvalue weighted by atomic mass is 10.1. The fourth-order valence-corrected chi connectivity index (χ4v) is 4.52. The van der Waals surface area contributed by atoms with Crippen LogP contribution in [0.15, 0.2) is 40.6 Å². The zero-order chi connectivity index (χ0) is 20.3. The van der Waals surface area contributed by atoms with Gasteiger partial charge in [-0.3, -0.25) is 14.5 Å². The highest BCUT2D eigenvalue weighted by Crippen LogP contribution is 2.33. The van der Waals surface area contributed by atoms with E-state index in [2.05, 4.69) is 0 Å². The number of nitrogens with zero attached hydrogens (tertiary/aromatic N) is 2. The molecule has 2 amide bonds. The Morgan fingerprint density at radius 3 is 2.75 bits per heavy atom. The molecule has 1 saturated heterocycles. The van der Waals surface area contributed by atoms with Crippen LogP contribution in [-0.4, -0.2) is 56.3 Å². The Morgan fingerprint density at radius 1 is 1.29 bits per heavy atom. The van der Waals surface area contributed by atoms with Crippen molar-refractivity contribution in [2.75, 3.05) is 20.1 Å². The summed E-state index contributed by atoms with van der Waals surface area (Å²) in [6.45, 7) is 0.298. The summed E-state index contributed by atoms with van der Waals surface area (Å²) >= 11 is 8.00. The largest absolute Gasteiger partial charge is 0.504 e. The monoisotopic (exact) mass is 434 g/mol. The molecular weight excluding hydrogens is 416 g/mol. The van der Waals surface area contributed by atoms with E-state index in [0.29, 0.717) is 22.2 Å². The standard InChI is InChI=1S/C19H18N2O4S3/c1-20(7-6-12-4-5-14(22)15(23)9-12)17(24)11-21-18(25)16(28-19(21)26)10-13-3-2-8-27-13/h2-5,8-10,22-23H,6-7,11H2,1H3/b16-10+. The minimum atomic E-state index is -0.256. The van der Waals surface area contributed by atoms with Crippen molar-refractivity contribution in [1.82, 2.24) is 9.80 Å². The number of thiocarbonyl (C=S) groups is 1. The second kappa shape index (κ2) is 8.76. The molecule has 0 radical (unpaired) electrons. The van der Waals surface area contributed by atoms with Gasteiger partial charge in [0.05, 0.1) is 4.91 Å². The number of phenols is 2. The molecule has 28 heavy (non-hydrogen) atoms. The van der Waals surface area contributed by atoms with E-state index < -0.39 is 0 Å². The van der Waals surface area contributed by atoms with Crippen molar-refractivity contribution in [3.8, 4) is 11.5 Å². The second-order valence-electron chi connectivity index (χ2n) is 6.17. The van der Waals surface area contributed by atoms with Crippen LogP contribution in [0.3, 0.4) is 0 Å². The van der Waals surface area contributed by atoms with Crippen LogP contribution in [0, 0.1) is 0 Å². The van der Waals surface area contributed by atoms with E-state index in [-0.39, 0.29) is 29.9 Å². The van der Waals surface area contributed by atoms with Crippen LogP contribution >= 0.6 is 35.3 Å². The molecule has 6 nitrogen and oxygen atoms in total. The molecule has 2 heterocycles. The quantitative estimate of drug-likeness (QED) is 0.413. The van der Waals surface area contributed by atoms with Crippen LogP contribution in [0.1, 0.15) is 10.4 Å². The predicted octanol–water partition coefficient (Wildman–Crippen LogP) is 3.06. The molecule has 146 valence electrons. The van der Waals surface area contributed by atoms with Gasteiger partial charge in [-0.15, -0.1) is 11.3 Å². The fourth-order valence-electron chi connectivity index (χ4n) is 2.54. The Hall–Kier alpha value is -2.36. The minimum Gasteiger partial charge on any atom is -0.504 e. The number of carbonyl (C=O) groups excluding carboxylic acids is 2. The number of thioether (sulfide) groups is 1. The number of thiophene rings is 1. The SMILES string of the molecule is CN(CCc1ccc(O)c(O)c1)C(=O)CN1C(=O)/C(=C\c2cccs2)SC1=S. The van der Waals surface area contributed by atoms with E-state index in [1.807, 2.05) is 17.5 Å². The highest BCUT2D eigenvalue weighted by Gasteiger charge is 2.34. The lowest BCUT2D eigenvalue weighted by Crippen LogP contribution is -2.41. The van der Waals surface area contributed by atoms with Crippen LogP contribution in [0.5, 0.6) is 11.5 Å². The molecule has 0 aliphatic carbocycles. The van der Waals surface area contributed by atoms with Crippen molar-refractivity contribution < 1.29 is 19.8 Å². The average Bonchev–Trinajstić information content (AvgIpc) is 3.26. The third kappa shape index (κ3) is 4.73. The van der Waals surface area contributed by atoms with Crippen LogP contribution in [0.4, 0.5) is 0 Å². The lowest BCUT2D eigenvalue weighted by Gasteiger charge is -2.21. The normalized spacial score (nSPS) is 15.5. The Balaban J connectivity index is 1.58. The fraction of sp³-hybridized carbons (Fsp3) is 0.211. The molecule has 1 aliphatic rings.